The Bertz CT molecular complexity index is 347. The molecule has 0 atom stereocenters. The molecule has 4 nitrogen and oxygen atoms in total. The molecule has 0 amide bonds. The normalized spacial score (nSPS) is 10.5. The molecule has 0 bridgehead atoms. The summed E-state index contributed by atoms with van der Waals surface area (Å²) in [6, 6.07) is 5.70. The molecule has 0 unspecified atom stereocenters. The monoisotopic (exact) mass is 495 g/mol. The van der Waals surface area contributed by atoms with Crippen molar-refractivity contribution in [3.8, 4) is 0 Å². The standard InChI is InChI=1S/C13H21NO2.2ClH.O.W/c1-12(2,15)8-10-6-5-7-11(14-10)9-13(3,4)16;;;;/h5-7,15-16H,8-9H2,1-4H3;2*1H;;. The number of rotatable bonds is 4. The van der Waals surface area contributed by atoms with Gasteiger partial charge in [0, 0.05) is 24.2 Å². The Balaban J connectivity index is -0.000000689. The van der Waals surface area contributed by atoms with Crippen LogP contribution in [0.25, 0.3) is 0 Å². The van der Waals surface area contributed by atoms with Crippen molar-refractivity contribution in [1.82, 2.24) is 4.98 Å². The van der Waals surface area contributed by atoms with E-state index in [2.05, 4.69) is 4.98 Å². The summed E-state index contributed by atoms with van der Waals surface area (Å²) in [4.78, 5) is 4.42. The van der Waals surface area contributed by atoms with Crippen LogP contribution in [0, 0.1) is 0 Å². The molecule has 0 saturated heterocycles. The van der Waals surface area contributed by atoms with Crippen LogP contribution in [0.15, 0.2) is 18.2 Å². The van der Waals surface area contributed by atoms with Gasteiger partial charge in [0.2, 0.25) is 0 Å². The molecule has 0 aliphatic carbocycles. The number of hydrogen-bond acceptors (Lipinski definition) is 4. The van der Waals surface area contributed by atoms with E-state index in [0.29, 0.717) is 32.6 Å². The van der Waals surface area contributed by atoms with Crippen molar-refractivity contribution >= 4 is 24.8 Å². The summed E-state index contributed by atoms with van der Waals surface area (Å²) in [5.41, 5.74) is 0.212. The van der Waals surface area contributed by atoms with E-state index in [-0.39, 0.29) is 24.8 Å². The van der Waals surface area contributed by atoms with Gasteiger partial charge in [0.15, 0.2) is 0 Å². The second-order valence-corrected chi connectivity index (χ2v) is 5.60. The Hall–Kier alpha value is 0.138. The van der Waals surface area contributed by atoms with Crippen molar-refractivity contribution in [2.24, 2.45) is 0 Å². The molecule has 0 spiro atoms. The maximum atomic E-state index is 9.71. The van der Waals surface area contributed by atoms with Crippen molar-refractivity contribution in [1.29, 1.82) is 0 Å². The van der Waals surface area contributed by atoms with E-state index in [1.165, 1.54) is 0 Å². The predicted molar refractivity (Wildman–Crippen MR) is 79.4 cm³/mol. The average Bonchev–Trinajstić information content (AvgIpc) is 2.15. The molecular weight excluding hydrogens is 473 g/mol. The summed E-state index contributed by atoms with van der Waals surface area (Å²) in [5.74, 6) is 0. The van der Waals surface area contributed by atoms with E-state index in [9.17, 15) is 10.2 Å². The van der Waals surface area contributed by atoms with Crippen LogP contribution in [-0.4, -0.2) is 26.4 Å². The number of hydrogen-bond donors (Lipinski definition) is 2. The molecule has 0 radical (unpaired) electrons. The van der Waals surface area contributed by atoms with Gasteiger partial charge in [-0.25, -0.2) is 0 Å². The minimum absolute atomic E-state index is 0. The molecule has 0 aromatic carbocycles. The van der Waals surface area contributed by atoms with Gasteiger partial charge in [0.05, 0.1) is 11.2 Å². The van der Waals surface area contributed by atoms with Gasteiger partial charge in [-0.05, 0) is 39.8 Å². The van der Waals surface area contributed by atoms with Gasteiger partial charge < -0.3 is 10.2 Å². The van der Waals surface area contributed by atoms with E-state index in [1.807, 2.05) is 18.2 Å². The van der Waals surface area contributed by atoms with Crippen LogP contribution in [0.4, 0.5) is 0 Å². The molecule has 7 heteroatoms. The predicted octanol–water partition coefficient (Wildman–Crippen LogP) is 2.43. The van der Waals surface area contributed by atoms with E-state index in [0.717, 1.165) is 11.4 Å². The molecule has 1 aromatic rings. The SMILES string of the molecule is CC(C)(O)Cc1cccc(CC(C)(C)O)n1.Cl.Cl.[O]=[W]. The maximum absolute atomic E-state index is 9.71. The molecule has 0 saturated carbocycles. The second kappa shape index (κ2) is 10.8. The van der Waals surface area contributed by atoms with Crippen LogP contribution in [0.3, 0.4) is 0 Å². The quantitative estimate of drug-likeness (QED) is 0.673. The molecule has 0 aliphatic rings. The van der Waals surface area contributed by atoms with Crippen LogP contribution in [0.2, 0.25) is 0 Å². The zero-order valence-electron chi connectivity index (χ0n) is 12.1. The van der Waals surface area contributed by atoms with Gasteiger partial charge in [0.1, 0.15) is 0 Å². The molecule has 20 heavy (non-hydrogen) atoms. The van der Waals surface area contributed by atoms with E-state index >= 15 is 0 Å². The number of halogens is 2. The molecule has 1 heterocycles. The number of nitrogens with zero attached hydrogens (tertiary/aromatic N) is 1. The number of pyridine rings is 1. The number of aromatic nitrogens is 1. The van der Waals surface area contributed by atoms with Gasteiger partial charge >= 0.3 is 23.2 Å². The fourth-order valence-corrected chi connectivity index (χ4v) is 1.61. The van der Waals surface area contributed by atoms with Gasteiger partial charge in [-0.15, -0.1) is 24.8 Å². The molecule has 1 aromatic heterocycles. The molecule has 2 N–H and O–H groups in total. The average molecular weight is 496 g/mol. The second-order valence-electron chi connectivity index (χ2n) is 5.60. The van der Waals surface area contributed by atoms with Crippen molar-refractivity contribution < 1.29 is 33.4 Å². The fourth-order valence-electron chi connectivity index (χ4n) is 1.61. The topological polar surface area (TPSA) is 70.4 Å². The summed E-state index contributed by atoms with van der Waals surface area (Å²) in [5, 5.41) is 19.4. The van der Waals surface area contributed by atoms with Crippen LogP contribution in [-0.2, 0) is 36.0 Å². The molecule has 0 fully saturated rings. The summed E-state index contributed by atoms with van der Waals surface area (Å²) >= 11 is 0.333. The third-order valence-electron chi connectivity index (χ3n) is 2.09. The van der Waals surface area contributed by atoms with Gasteiger partial charge in [-0.2, -0.15) is 0 Å². The van der Waals surface area contributed by atoms with Gasteiger partial charge in [-0.3, -0.25) is 4.98 Å². The molecular formula is C13H23Cl2NO3W. The summed E-state index contributed by atoms with van der Waals surface area (Å²) in [6.45, 7) is 7.04. The Labute approximate surface area is 144 Å². The van der Waals surface area contributed by atoms with E-state index in [1.54, 1.807) is 27.7 Å². The minimum atomic E-state index is -0.750. The molecule has 0 aliphatic heterocycles. The van der Waals surface area contributed by atoms with Crippen LogP contribution < -0.4 is 0 Å². The van der Waals surface area contributed by atoms with Crippen molar-refractivity contribution in [2.45, 2.75) is 51.7 Å². The van der Waals surface area contributed by atoms with Gasteiger partial charge in [-0.1, -0.05) is 6.07 Å². The van der Waals surface area contributed by atoms with Gasteiger partial charge in [0.25, 0.3) is 0 Å². The van der Waals surface area contributed by atoms with E-state index in [4.69, 9.17) is 3.40 Å². The third-order valence-corrected chi connectivity index (χ3v) is 2.09. The summed E-state index contributed by atoms with van der Waals surface area (Å²) in [7, 11) is 0. The zero-order valence-corrected chi connectivity index (χ0v) is 16.7. The van der Waals surface area contributed by atoms with Crippen molar-refractivity contribution in [3.05, 3.63) is 29.6 Å². The number of aliphatic hydroxyl groups is 2. The Kier molecular flexibility index (Phi) is 13.6. The summed E-state index contributed by atoms with van der Waals surface area (Å²) < 4.78 is 8.33. The molecule has 118 valence electrons. The first kappa shape index (κ1) is 25.1. The Morgan fingerprint density at radius 2 is 1.25 bits per heavy atom. The van der Waals surface area contributed by atoms with Crippen LogP contribution >= 0.6 is 24.8 Å². The Morgan fingerprint density at radius 3 is 1.50 bits per heavy atom. The molecule has 1 rings (SSSR count). The van der Waals surface area contributed by atoms with Crippen molar-refractivity contribution in [2.75, 3.05) is 0 Å². The van der Waals surface area contributed by atoms with Crippen molar-refractivity contribution in [3.63, 3.8) is 0 Å². The van der Waals surface area contributed by atoms with E-state index < -0.39 is 11.2 Å². The first-order chi connectivity index (χ1) is 8.16. The first-order valence-corrected chi connectivity index (χ1v) is 6.92. The third kappa shape index (κ3) is 13.1. The Morgan fingerprint density at radius 1 is 0.950 bits per heavy atom. The fraction of sp³-hybridized carbons (Fsp3) is 0.615. The first-order valence-electron chi connectivity index (χ1n) is 5.72. The summed E-state index contributed by atoms with van der Waals surface area (Å²) in [6.07, 6.45) is 1.04. The van der Waals surface area contributed by atoms with Crippen LogP contribution in [0.5, 0.6) is 0 Å². The van der Waals surface area contributed by atoms with Crippen LogP contribution in [0.1, 0.15) is 39.1 Å². The zero-order chi connectivity index (χ0) is 14.4.